The summed E-state index contributed by atoms with van der Waals surface area (Å²) in [5, 5.41) is 10.3. The van der Waals surface area contributed by atoms with Crippen molar-refractivity contribution >= 4 is 0 Å². The summed E-state index contributed by atoms with van der Waals surface area (Å²) in [6, 6.07) is 9.22. The summed E-state index contributed by atoms with van der Waals surface area (Å²) in [5.41, 5.74) is 1.50. The zero-order chi connectivity index (χ0) is 14.4. The Morgan fingerprint density at radius 3 is 2.50 bits per heavy atom. The Morgan fingerprint density at radius 1 is 1.10 bits per heavy atom. The van der Waals surface area contributed by atoms with Crippen molar-refractivity contribution in [3.05, 3.63) is 53.9 Å². The molecule has 0 fully saturated rings. The Labute approximate surface area is 119 Å². The fourth-order valence-corrected chi connectivity index (χ4v) is 1.86. The first-order chi connectivity index (χ1) is 9.74. The average Bonchev–Trinajstić information content (AvgIpc) is 2.52. The minimum absolute atomic E-state index is 0.629. The van der Waals surface area contributed by atoms with Crippen molar-refractivity contribution in [1.29, 1.82) is 0 Å². The predicted octanol–water partition coefficient (Wildman–Crippen LogP) is 2.96. The van der Waals surface area contributed by atoms with Gasteiger partial charge in [-0.3, -0.25) is 4.98 Å². The van der Waals surface area contributed by atoms with E-state index in [4.69, 9.17) is 9.47 Å². The molecule has 1 N–H and O–H groups in total. The highest BCUT2D eigenvalue weighted by Gasteiger charge is 2.11. The molecule has 1 unspecified atom stereocenters. The number of pyridine rings is 1. The largest absolute Gasteiger partial charge is 0.495 e. The van der Waals surface area contributed by atoms with Crippen molar-refractivity contribution < 1.29 is 14.6 Å². The molecule has 0 saturated carbocycles. The van der Waals surface area contributed by atoms with Gasteiger partial charge in [-0.1, -0.05) is 19.1 Å². The van der Waals surface area contributed by atoms with Crippen molar-refractivity contribution in [2.24, 2.45) is 0 Å². The molecular formula is C16H19NO3. The van der Waals surface area contributed by atoms with E-state index < -0.39 is 6.10 Å². The molecule has 106 valence electrons. The third kappa shape index (κ3) is 3.48. The van der Waals surface area contributed by atoms with Crippen LogP contribution in [-0.4, -0.2) is 23.8 Å². The van der Waals surface area contributed by atoms with Crippen molar-refractivity contribution in [2.45, 2.75) is 19.4 Å². The van der Waals surface area contributed by atoms with Gasteiger partial charge in [0.25, 0.3) is 0 Å². The Morgan fingerprint density at radius 2 is 1.85 bits per heavy atom. The number of aliphatic hydroxyl groups excluding tert-OH is 1. The SMILES string of the molecule is CCCOc1ccc(C(O)c2cncc(OC)c2)cc1. The van der Waals surface area contributed by atoms with Crippen LogP contribution in [0.3, 0.4) is 0 Å². The van der Waals surface area contributed by atoms with E-state index in [9.17, 15) is 5.11 Å². The average molecular weight is 273 g/mol. The van der Waals surface area contributed by atoms with E-state index in [1.54, 1.807) is 25.6 Å². The topological polar surface area (TPSA) is 51.6 Å². The van der Waals surface area contributed by atoms with Crippen molar-refractivity contribution in [1.82, 2.24) is 4.98 Å². The second-order valence-electron chi connectivity index (χ2n) is 4.48. The van der Waals surface area contributed by atoms with Crippen molar-refractivity contribution in [3.63, 3.8) is 0 Å². The smallest absolute Gasteiger partial charge is 0.137 e. The molecule has 4 heteroatoms. The van der Waals surface area contributed by atoms with Gasteiger partial charge in [0.1, 0.15) is 17.6 Å². The van der Waals surface area contributed by atoms with E-state index in [2.05, 4.69) is 11.9 Å². The number of aromatic nitrogens is 1. The predicted molar refractivity (Wildman–Crippen MR) is 77.1 cm³/mol. The first-order valence-corrected chi connectivity index (χ1v) is 6.64. The number of methoxy groups -OCH3 is 1. The fourth-order valence-electron chi connectivity index (χ4n) is 1.86. The van der Waals surface area contributed by atoms with Crippen LogP contribution < -0.4 is 9.47 Å². The van der Waals surface area contributed by atoms with Crippen LogP contribution in [0, 0.1) is 0 Å². The van der Waals surface area contributed by atoms with Gasteiger partial charge in [-0.2, -0.15) is 0 Å². The molecule has 0 radical (unpaired) electrons. The van der Waals surface area contributed by atoms with Crippen LogP contribution in [0.1, 0.15) is 30.6 Å². The molecule has 0 aliphatic rings. The second kappa shape index (κ2) is 6.91. The molecule has 0 spiro atoms. The van der Waals surface area contributed by atoms with Crippen LogP contribution in [0.15, 0.2) is 42.7 Å². The number of hydrogen-bond donors (Lipinski definition) is 1. The van der Waals surface area contributed by atoms with Crippen LogP contribution in [0.25, 0.3) is 0 Å². The molecule has 2 aromatic rings. The quantitative estimate of drug-likeness (QED) is 0.879. The Balaban J connectivity index is 2.13. The van der Waals surface area contributed by atoms with Crippen molar-refractivity contribution in [2.75, 3.05) is 13.7 Å². The summed E-state index contributed by atoms with van der Waals surface area (Å²) in [7, 11) is 1.58. The van der Waals surface area contributed by atoms with E-state index in [0.29, 0.717) is 17.9 Å². The molecule has 0 saturated heterocycles. The van der Waals surface area contributed by atoms with Gasteiger partial charge in [-0.05, 0) is 30.2 Å². The molecule has 0 bridgehead atoms. The van der Waals surface area contributed by atoms with Crippen LogP contribution in [0.4, 0.5) is 0 Å². The van der Waals surface area contributed by atoms with E-state index in [1.807, 2.05) is 24.3 Å². The van der Waals surface area contributed by atoms with Gasteiger partial charge in [0.05, 0.1) is 19.9 Å². The van der Waals surface area contributed by atoms with Gasteiger partial charge in [0, 0.05) is 11.8 Å². The van der Waals surface area contributed by atoms with E-state index in [0.717, 1.165) is 17.7 Å². The summed E-state index contributed by atoms with van der Waals surface area (Å²) in [4.78, 5) is 4.05. The molecule has 1 aromatic carbocycles. The van der Waals surface area contributed by atoms with Crippen LogP contribution >= 0.6 is 0 Å². The summed E-state index contributed by atoms with van der Waals surface area (Å²) in [6.07, 6.45) is 3.49. The first-order valence-electron chi connectivity index (χ1n) is 6.64. The van der Waals surface area contributed by atoms with E-state index >= 15 is 0 Å². The first kappa shape index (κ1) is 14.3. The third-order valence-corrected chi connectivity index (χ3v) is 2.95. The number of nitrogens with zero attached hydrogens (tertiary/aromatic N) is 1. The van der Waals surface area contributed by atoms with Gasteiger partial charge in [0.2, 0.25) is 0 Å². The molecular weight excluding hydrogens is 254 g/mol. The standard InChI is InChI=1S/C16H19NO3/c1-3-8-20-14-6-4-12(5-7-14)16(18)13-9-15(19-2)11-17-10-13/h4-7,9-11,16,18H,3,8H2,1-2H3. The lowest BCUT2D eigenvalue weighted by Crippen LogP contribution is -2.01. The highest BCUT2D eigenvalue weighted by Crippen LogP contribution is 2.25. The lowest BCUT2D eigenvalue weighted by molar-refractivity contribution is 0.219. The minimum atomic E-state index is -0.724. The van der Waals surface area contributed by atoms with Gasteiger partial charge >= 0.3 is 0 Å². The maximum Gasteiger partial charge on any atom is 0.137 e. The third-order valence-electron chi connectivity index (χ3n) is 2.95. The summed E-state index contributed by atoms with van der Waals surface area (Å²) >= 11 is 0. The number of aliphatic hydroxyl groups is 1. The van der Waals surface area contributed by atoms with Gasteiger partial charge in [-0.15, -0.1) is 0 Å². The number of ether oxygens (including phenoxy) is 2. The number of hydrogen-bond acceptors (Lipinski definition) is 4. The van der Waals surface area contributed by atoms with Gasteiger partial charge in [-0.25, -0.2) is 0 Å². The van der Waals surface area contributed by atoms with Gasteiger partial charge in [0.15, 0.2) is 0 Å². The monoisotopic (exact) mass is 273 g/mol. The zero-order valence-electron chi connectivity index (χ0n) is 11.7. The van der Waals surface area contributed by atoms with Crippen LogP contribution in [-0.2, 0) is 0 Å². The maximum atomic E-state index is 10.3. The van der Waals surface area contributed by atoms with Gasteiger partial charge < -0.3 is 14.6 Å². The molecule has 0 aliphatic carbocycles. The Kier molecular flexibility index (Phi) is 4.96. The highest BCUT2D eigenvalue weighted by atomic mass is 16.5. The van der Waals surface area contributed by atoms with Crippen LogP contribution in [0.2, 0.25) is 0 Å². The summed E-state index contributed by atoms with van der Waals surface area (Å²) in [5.74, 6) is 1.44. The van der Waals surface area contributed by atoms with E-state index in [-0.39, 0.29) is 0 Å². The lowest BCUT2D eigenvalue weighted by atomic mass is 10.0. The normalized spacial score (nSPS) is 11.9. The molecule has 4 nitrogen and oxygen atoms in total. The summed E-state index contributed by atoms with van der Waals surface area (Å²) < 4.78 is 10.6. The lowest BCUT2D eigenvalue weighted by Gasteiger charge is -2.13. The molecule has 1 atom stereocenters. The van der Waals surface area contributed by atoms with E-state index in [1.165, 1.54) is 0 Å². The second-order valence-corrected chi connectivity index (χ2v) is 4.48. The Bertz CT molecular complexity index is 540. The zero-order valence-corrected chi connectivity index (χ0v) is 11.7. The maximum absolute atomic E-state index is 10.3. The van der Waals surface area contributed by atoms with Crippen molar-refractivity contribution in [3.8, 4) is 11.5 Å². The van der Waals surface area contributed by atoms with Crippen LogP contribution in [0.5, 0.6) is 11.5 Å². The highest BCUT2D eigenvalue weighted by molar-refractivity contribution is 5.35. The fraction of sp³-hybridized carbons (Fsp3) is 0.312. The molecule has 2 rings (SSSR count). The number of benzene rings is 1. The molecule has 0 amide bonds. The molecule has 20 heavy (non-hydrogen) atoms. The number of rotatable bonds is 6. The molecule has 1 heterocycles. The summed E-state index contributed by atoms with van der Waals surface area (Å²) in [6.45, 7) is 2.76. The Hall–Kier alpha value is -2.07. The molecule has 0 aliphatic heterocycles. The minimum Gasteiger partial charge on any atom is -0.495 e. The molecule has 1 aromatic heterocycles.